The van der Waals surface area contributed by atoms with Crippen molar-refractivity contribution in [1.82, 2.24) is 14.5 Å². The number of aromatic nitrogens is 3. The summed E-state index contributed by atoms with van der Waals surface area (Å²) in [7, 11) is 0. The van der Waals surface area contributed by atoms with Crippen LogP contribution in [0.25, 0.3) is 0 Å². The lowest BCUT2D eigenvalue weighted by molar-refractivity contribution is 0.102. The molecule has 2 rings (SSSR count). The van der Waals surface area contributed by atoms with Gasteiger partial charge in [0.05, 0.1) is 5.75 Å². The summed E-state index contributed by atoms with van der Waals surface area (Å²) in [5.41, 5.74) is 4.07. The number of rotatable bonds is 7. The fourth-order valence-electron chi connectivity index (χ4n) is 2.48. The van der Waals surface area contributed by atoms with Crippen LogP contribution in [0.4, 0.5) is 0 Å². The fraction of sp³-hybridized carbons (Fsp3) is 0.500. The van der Waals surface area contributed by atoms with Crippen LogP contribution < -0.4 is 0 Å². The standard InChI is InChI=1S/C18H25N3OS/c1-12(2)6-7-21-14(4)8-16(15(21)5)17(22)11-23-18-19-9-13(3)10-20-18/h8-10,12H,6-7,11H2,1-5H3. The number of Topliss-reactive ketones (excluding diaryl/α,β-unsaturated/α-hetero) is 1. The number of hydrogen-bond donors (Lipinski definition) is 0. The topological polar surface area (TPSA) is 47.8 Å². The molecule has 0 aliphatic carbocycles. The van der Waals surface area contributed by atoms with Crippen LogP contribution in [-0.4, -0.2) is 26.1 Å². The minimum absolute atomic E-state index is 0.142. The molecule has 2 heterocycles. The van der Waals surface area contributed by atoms with Gasteiger partial charge >= 0.3 is 0 Å². The van der Waals surface area contributed by atoms with Crippen LogP contribution in [0.15, 0.2) is 23.6 Å². The molecule has 0 spiro atoms. The highest BCUT2D eigenvalue weighted by Gasteiger charge is 2.16. The molecule has 0 amide bonds. The van der Waals surface area contributed by atoms with E-state index in [1.807, 2.05) is 19.9 Å². The third kappa shape index (κ3) is 4.67. The normalized spacial score (nSPS) is 11.2. The molecule has 2 aromatic heterocycles. The molecule has 0 saturated heterocycles. The van der Waals surface area contributed by atoms with E-state index in [9.17, 15) is 4.79 Å². The number of carbonyl (C=O) groups excluding carboxylic acids is 1. The Morgan fingerprint density at radius 2 is 1.87 bits per heavy atom. The molecule has 0 unspecified atom stereocenters. The maximum atomic E-state index is 12.5. The van der Waals surface area contributed by atoms with E-state index in [0.29, 0.717) is 16.8 Å². The number of nitrogens with zero attached hydrogens (tertiary/aromatic N) is 3. The van der Waals surface area contributed by atoms with Gasteiger partial charge in [0.2, 0.25) is 0 Å². The van der Waals surface area contributed by atoms with Crippen LogP contribution in [0.2, 0.25) is 0 Å². The van der Waals surface area contributed by atoms with E-state index in [2.05, 4.69) is 35.3 Å². The molecule has 0 radical (unpaired) electrons. The molecule has 0 aliphatic heterocycles. The van der Waals surface area contributed by atoms with Crippen molar-refractivity contribution in [2.24, 2.45) is 5.92 Å². The zero-order valence-corrected chi connectivity index (χ0v) is 15.4. The maximum absolute atomic E-state index is 12.5. The fourth-order valence-corrected chi connectivity index (χ4v) is 3.15. The molecular formula is C18H25N3OS. The van der Waals surface area contributed by atoms with Gasteiger partial charge < -0.3 is 4.57 Å². The molecule has 0 fully saturated rings. The van der Waals surface area contributed by atoms with E-state index >= 15 is 0 Å². The Bertz CT molecular complexity index is 674. The summed E-state index contributed by atoms with van der Waals surface area (Å²) in [6, 6.07) is 2.01. The second-order valence-corrected chi connectivity index (χ2v) is 7.32. The molecule has 0 aromatic carbocycles. The SMILES string of the molecule is Cc1cnc(SCC(=O)c2cc(C)n(CCC(C)C)c2C)nc1. The van der Waals surface area contributed by atoms with E-state index < -0.39 is 0 Å². The Kier molecular flexibility index (Phi) is 5.99. The second-order valence-electron chi connectivity index (χ2n) is 6.37. The van der Waals surface area contributed by atoms with Crippen molar-refractivity contribution in [3.8, 4) is 0 Å². The summed E-state index contributed by atoms with van der Waals surface area (Å²) >= 11 is 1.39. The van der Waals surface area contributed by atoms with Crippen LogP contribution in [0, 0.1) is 26.7 Å². The van der Waals surface area contributed by atoms with E-state index in [0.717, 1.165) is 35.5 Å². The van der Waals surface area contributed by atoms with Gasteiger partial charge in [-0.05, 0) is 44.7 Å². The zero-order chi connectivity index (χ0) is 17.0. The van der Waals surface area contributed by atoms with Gasteiger partial charge in [-0.1, -0.05) is 25.6 Å². The van der Waals surface area contributed by atoms with Crippen LogP contribution in [0.1, 0.15) is 47.6 Å². The highest BCUT2D eigenvalue weighted by atomic mass is 32.2. The monoisotopic (exact) mass is 331 g/mol. The molecule has 2 aromatic rings. The summed E-state index contributed by atoms with van der Waals surface area (Å²) in [4.78, 5) is 21.0. The summed E-state index contributed by atoms with van der Waals surface area (Å²) in [6.07, 6.45) is 4.67. The lowest BCUT2D eigenvalue weighted by atomic mass is 10.1. The molecule has 124 valence electrons. The molecular weight excluding hydrogens is 306 g/mol. The quantitative estimate of drug-likeness (QED) is 0.433. The smallest absolute Gasteiger partial charge is 0.187 e. The first kappa shape index (κ1) is 17.7. The molecule has 0 bridgehead atoms. The van der Waals surface area contributed by atoms with Gasteiger partial charge in [0.1, 0.15) is 0 Å². The minimum atomic E-state index is 0.142. The van der Waals surface area contributed by atoms with E-state index in [1.165, 1.54) is 11.8 Å². The van der Waals surface area contributed by atoms with E-state index in [4.69, 9.17) is 0 Å². The van der Waals surface area contributed by atoms with Gasteiger partial charge in [-0.3, -0.25) is 4.79 Å². The average molecular weight is 331 g/mol. The number of carbonyl (C=O) groups is 1. The van der Waals surface area contributed by atoms with Crippen LogP contribution in [0.5, 0.6) is 0 Å². The van der Waals surface area contributed by atoms with Crippen LogP contribution >= 0.6 is 11.8 Å². The first-order chi connectivity index (χ1) is 10.9. The van der Waals surface area contributed by atoms with Crippen molar-refractivity contribution in [1.29, 1.82) is 0 Å². The summed E-state index contributed by atoms with van der Waals surface area (Å²) in [5, 5.41) is 0.651. The number of aryl methyl sites for hydroxylation is 2. The molecule has 23 heavy (non-hydrogen) atoms. The summed E-state index contributed by atoms with van der Waals surface area (Å²) in [6.45, 7) is 11.5. The third-order valence-electron chi connectivity index (χ3n) is 3.89. The number of ketones is 1. The van der Waals surface area contributed by atoms with Crippen molar-refractivity contribution in [3.63, 3.8) is 0 Å². The van der Waals surface area contributed by atoms with Crippen molar-refractivity contribution >= 4 is 17.5 Å². The van der Waals surface area contributed by atoms with Gasteiger partial charge in [0.15, 0.2) is 10.9 Å². The Morgan fingerprint density at radius 3 is 2.48 bits per heavy atom. The van der Waals surface area contributed by atoms with Crippen molar-refractivity contribution in [3.05, 3.63) is 41.0 Å². The minimum Gasteiger partial charge on any atom is -0.348 e. The number of hydrogen-bond acceptors (Lipinski definition) is 4. The predicted molar refractivity (Wildman–Crippen MR) is 95.2 cm³/mol. The molecule has 5 heteroatoms. The van der Waals surface area contributed by atoms with E-state index in [-0.39, 0.29) is 5.78 Å². The Balaban J connectivity index is 2.04. The van der Waals surface area contributed by atoms with Gasteiger partial charge in [0.25, 0.3) is 0 Å². The first-order valence-corrected chi connectivity index (χ1v) is 8.98. The molecule has 4 nitrogen and oxygen atoms in total. The molecule has 0 N–H and O–H groups in total. The zero-order valence-electron chi connectivity index (χ0n) is 14.6. The molecule has 0 saturated carbocycles. The largest absolute Gasteiger partial charge is 0.348 e. The van der Waals surface area contributed by atoms with Gasteiger partial charge in [-0.25, -0.2) is 9.97 Å². The van der Waals surface area contributed by atoms with Gasteiger partial charge in [-0.2, -0.15) is 0 Å². The van der Waals surface area contributed by atoms with Crippen molar-refractivity contribution in [2.45, 2.75) is 52.7 Å². The average Bonchev–Trinajstić information content (AvgIpc) is 2.79. The number of thioether (sulfide) groups is 1. The summed E-state index contributed by atoms with van der Waals surface area (Å²) in [5.74, 6) is 1.17. The second kappa shape index (κ2) is 7.77. The van der Waals surface area contributed by atoms with Crippen LogP contribution in [-0.2, 0) is 6.54 Å². The van der Waals surface area contributed by atoms with Crippen molar-refractivity contribution < 1.29 is 4.79 Å². The summed E-state index contributed by atoms with van der Waals surface area (Å²) < 4.78 is 2.25. The van der Waals surface area contributed by atoms with E-state index in [1.54, 1.807) is 12.4 Å². The highest BCUT2D eigenvalue weighted by molar-refractivity contribution is 7.99. The Hall–Kier alpha value is -1.62. The van der Waals surface area contributed by atoms with Crippen LogP contribution in [0.3, 0.4) is 0 Å². The Labute approximate surface area is 142 Å². The lowest BCUT2D eigenvalue weighted by Gasteiger charge is -2.11. The predicted octanol–water partition coefficient (Wildman–Crippen LogP) is 4.22. The van der Waals surface area contributed by atoms with Gasteiger partial charge in [-0.15, -0.1) is 0 Å². The molecule has 0 aliphatic rings. The Morgan fingerprint density at radius 1 is 1.22 bits per heavy atom. The molecule has 0 atom stereocenters. The van der Waals surface area contributed by atoms with Gasteiger partial charge in [0, 0.05) is 35.9 Å². The third-order valence-corrected chi connectivity index (χ3v) is 4.77. The first-order valence-electron chi connectivity index (χ1n) is 8.00. The lowest BCUT2D eigenvalue weighted by Crippen LogP contribution is -2.08. The van der Waals surface area contributed by atoms with Crippen molar-refractivity contribution in [2.75, 3.05) is 5.75 Å². The highest BCUT2D eigenvalue weighted by Crippen LogP contribution is 2.21. The maximum Gasteiger partial charge on any atom is 0.187 e.